The number of H-pyrrole nitrogens is 1. The summed E-state index contributed by atoms with van der Waals surface area (Å²) in [5.74, 6) is 0.736. The van der Waals surface area contributed by atoms with Gasteiger partial charge in [0, 0.05) is 18.2 Å². The Hall–Kier alpha value is -2.59. The Balaban J connectivity index is 1.74. The molecule has 0 radical (unpaired) electrons. The van der Waals surface area contributed by atoms with Gasteiger partial charge in [0.1, 0.15) is 30.7 Å². The van der Waals surface area contributed by atoms with Gasteiger partial charge in [-0.2, -0.15) is 0 Å². The molecule has 1 aromatic heterocycles. The van der Waals surface area contributed by atoms with E-state index in [1.165, 1.54) is 4.57 Å². The fourth-order valence-electron chi connectivity index (χ4n) is 5.38. The fraction of sp³-hybridized carbons (Fsp3) is 0.610. The second-order valence-electron chi connectivity index (χ2n) is 19.2. The molecule has 1 N–H and O–H groups in total. The third-order valence-electron chi connectivity index (χ3n) is 12.1. The first-order valence-electron chi connectivity index (χ1n) is 19.0. The van der Waals surface area contributed by atoms with Gasteiger partial charge in [-0.15, -0.1) is 0 Å². The zero-order chi connectivity index (χ0) is 39.8. The van der Waals surface area contributed by atoms with E-state index in [0.29, 0.717) is 25.2 Å². The smallest absolute Gasteiger partial charge is 0.330 e. The predicted octanol–water partition coefficient (Wildman–Crippen LogP) is 9.41. The van der Waals surface area contributed by atoms with Crippen LogP contribution in [0.15, 0.2) is 70.4 Å². The molecule has 1 saturated heterocycles. The van der Waals surface area contributed by atoms with Gasteiger partial charge in [-0.25, -0.2) is 4.79 Å². The average Bonchev–Trinajstić information content (AvgIpc) is 3.34. The van der Waals surface area contributed by atoms with Crippen molar-refractivity contribution in [3.05, 3.63) is 98.3 Å². The highest BCUT2D eigenvalue weighted by Crippen LogP contribution is 2.46. The number of nitrogens with one attached hydrogen (secondary N) is 1. The van der Waals surface area contributed by atoms with Crippen LogP contribution in [0.3, 0.4) is 0 Å². The molecular formula is C41H66N2O7Si3. The number of hydrogen-bond acceptors (Lipinski definition) is 7. The van der Waals surface area contributed by atoms with E-state index in [-0.39, 0.29) is 15.1 Å². The summed E-state index contributed by atoms with van der Waals surface area (Å²) in [6, 6.07) is 17.7. The molecule has 0 bridgehead atoms. The number of nitrogens with zero attached hydrogens (tertiary/aromatic N) is 1. The summed E-state index contributed by atoms with van der Waals surface area (Å²) in [6.45, 7) is 34.0. The third kappa shape index (κ3) is 10.4. The van der Waals surface area contributed by atoms with Crippen molar-refractivity contribution in [2.75, 3.05) is 6.61 Å². The molecule has 0 saturated carbocycles. The SMILES string of the molecule is CC(C)(C)[Si](C)(C)OC[C@H]1O[C@@H](n2cc(Cc3ccc(OCc4ccccc4)cc3)c(=O)[nH]c2=O)[C@H](O[Si](C)(C)C(C)(C)C)[C@@H]1O[Si](C)(C)C(C)(C)C. The van der Waals surface area contributed by atoms with Crippen LogP contribution in [0.2, 0.25) is 54.4 Å². The first-order valence-corrected chi connectivity index (χ1v) is 27.7. The van der Waals surface area contributed by atoms with Gasteiger partial charge in [0.15, 0.2) is 31.2 Å². The summed E-state index contributed by atoms with van der Waals surface area (Å²) in [6.07, 6.45) is -0.487. The summed E-state index contributed by atoms with van der Waals surface area (Å²) in [7, 11) is -6.99. The maximum atomic E-state index is 13.8. The summed E-state index contributed by atoms with van der Waals surface area (Å²) >= 11 is 0. The van der Waals surface area contributed by atoms with Crippen molar-refractivity contribution in [2.45, 2.75) is 154 Å². The molecule has 294 valence electrons. The van der Waals surface area contributed by atoms with Crippen molar-refractivity contribution in [3.63, 3.8) is 0 Å². The van der Waals surface area contributed by atoms with Crippen molar-refractivity contribution in [2.24, 2.45) is 0 Å². The lowest BCUT2D eigenvalue weighted by molar-refractivity contribution is -0.0511. The first kappa shape index (κ1) is 43.1. The second-order valence-corrected chi connectivity index (χ2v) is 33.6. The Kier molecular flexibility index (Phi) is 12.9. The topological polar surface area (TPSA) is 101 Å². The number of aromatic amines is 1. The lowest BCUT2D eigenvalue weighted by Gasteiger charge is -2.44. The van der Waals surface area contributed by atoms with Crippen LogP contribution in [0.25, 0.3) is 0 Å². The standard InChI is InChI=1S/C41H66N2O7Si3/c1-39(2,3)51(10,11)47-28-33-34(49-52(12,13)40(4,5)6)35(50-53(14,15)41(7,8)9)37(48-33)43-26-31(36(44)42-38(43)45)25-29-21-23-32(24-22-29)46-27-30-19-17-16-18-20-30/h16-24,26,33-35,37H,25,27-28H2,1-15H3,(H,42,44,45)/t33-,34-,35-,37-/m1/s1. The molecule has 1 aliphatic rings. The van der Waals surface area contributed by atoms with Gasteiger partial charge in [-0.05, 0) is 77.7 Å². The summed E-state index contributed by atoms with van der Waals surface area (Å²) < 4.78 is 35.7. The van der Waals surface area contributed by atoms with Gasteiger partial charge in [0.25, 0.3) is 5.56 Å². The van der Waals surface area contributed by atoms with Crippen LogP contribution in [0.1, 0.15) is 85.2 Å². The second kappa shape index (κ2) is 15.9. The predicted molar refractivity (Wildman–Crippen MR) is 223 cm³/mol. The Morgan fingerprint density at radius 1 is 0.698 bits per heavy atom. The van der Waals surface area contributed by atoms with Gasteiger partial charge in [0.2, 0.25) is 0 Å². The fourth-order valence-corrected chi connectivity index (χ4v) is 9.00. The highest BCUT2D eigenvalue weighted by molar-refractivity contribution is 6.75. The molecular weight excluding hydrogens is 717 g/mol. The third-order valence-corrected chi connectivity index (χ3v) is 25.5. The number of hydrogen-bond donors (Lipinski definition) is 1. The van der Waals surface area contributed by atoms with Crippen LogP contribution >= 0.6 is 0 Å². The van der Waals surface area contributed by atoms with Gasteiger partial charge in [-0.1, -0.05) is 105 Å². The van der Waals surface area contributed by atoms with E-state index in [4.69, 9.17) is 22.8 Å². The minimum atomic E-state index is -2.44. The van der Waals surface area contributed by atoms with E-state index < -0.39 is 60.7 Å². The number of ether oxygens (including phenoxy) is 2. The summed E-state index contributed by atoms with van der Waals surface area (Å²) in [5.41, 5.74) is 1.46. The van der Waals surface area contributed by atoms with Gasteiger partial charge in [0.05, 0.1) is 6.61 Å². The molecule has 12 heteroatoms. The Bertz CT molecular complexity index is 1780. The summed E-state index contributed by atoms with van der Waals surface area (Å²) in [5, 5.41) is -0.205. The van der Waals surface area contributed by atoms with E-state index in [1.807, 2.05) is 54.6 Å². The van der Waals surface area contributed by atoms with Crippen molar-refractivity contribution < 1.29 is 22.8 Å². The monoisotopic (exact) mass is 782 g/mol. The van der Waals surface area contributed by atoms with E-state index >= 15 is 0 Å². The number of rotatable bonds is 13. The number of benzene rings is 2. The van der Waals surface area contributed by atoms with E-state index in [0.717, 1.165) is 16.9 Å². The molecule has 0 aliphatic carbocycles. The van der Waals surface area contributed by atoms with E-state index in [1.54, 1.807) is 6.20 Å². The van der Waals surface area contributed by atoms with Crippen molar-refractivity contribution in [1.82, 2.24) is 9.55 Å². The van der Waals surface area contributed by atoms with Gasteiger partial charge in [-0.3, -0.25) is 14.3 Å². The Labute approximate surface area is 321 Å². The lowest BCUT2D eigenvalue weighted by atomic mass is 10.1. The first-order chi connectivity index (χ1) is 24.2. The van der Waals surface area contributed by atoms with E-state index in [9.17, 15) is 9.59 Å². The normalized spacial score (nSPS) is 20.5. The minimum absolute atomic E-state index is 0.00515. The Morgan fingerprint density at radius 2 is 1.23 bits per heavy atom. The lowest BCUT2D eigenvalue weighted by Crippen LogP contribution is -2.55. The minimum Gasteiger partial charge on any atom is -0.489 e. The molecule has 4 atom stereocenters. The Morgan fingerprint density at radius 3 is 1.75 bits per heavy atom. The van der Waals surface area contributed by atoms with E-state index in [2.05, 4.69) is 107 Å². The average molecular weight is 783 g/mol. The van der Waals surface area contributed by atoms with Crippen molar-refractivity contribution >= 4 is 25.0 Å². The largest absolute Gasteiger partial charge is 0.489 e. The molecule has 9 nitrogen and oxygen atoms in total. The quantitative estimate of drug-likeness (QED) is 0.173. The van der Waals surface area contributed by atoms with Crippen LogP contribution in [0.5, 0.6) is 5.75 Å². The van der Waals surface area contributed by atoms with Crippen LogP contribution in [-0.2, 0) is 31.0 Å². The molecule has 4 rings (SSSR count). The van der Waals surface area contributed by atoms with Crippen LogP contribution in [0.4, 0.5) is 0 Å². The molecule has 1 aliphatic heterocycles. The zero-order valence-electron chi connectivity index (χ0n) is 35.0. The molecule has 2 aromatic carbocycles. The molecule has 2 heterocycles. The van der Waals surface area contributed by atoms with Crippen LogP contribution in [-0.4, -0.2) is 59.4 Å². The molecule has 0 spiro atoms. The van der Waals surface area contributed by atoms with Crippen LogP contribution in [0, 0.1) is 0 Å². The molecule has 1 fully saturated rings. The van der Waals surface area contributed by atoms with Gasteiger partial charge >= 0.3 is 5.69 Å². The summed E-state index contributed by atoms with van der Waals surface area (Å²) in [4.78, 5) is 29.7. The molecule has 0 amide bonds. The number of aromatic nitrogens is 2. The molecule has 0 unspecified atom stereocenters. The van der Waals surface area contributed by atoms with Crippen molar-refractivity contribution in [1.29, 1.82) is 0 Å². The molecule has 3 aromatic rings. The van der Waals surface area contributed by atoms with Crippen LogP contribution < -0.4 is 16.0 Å². The highest BCUT2D eigenvalue weighted by atomic mass is 28.4. The molecule has 53 heavy (non-hydrogen) atoms. The zero-order valence-corrected chi connectivity index (χ0v) is 38.0. The van der Waals surface area contributed by atoms with Gasteiger partial charge < -0.3 is 22.8 Å². The maximum Gasteiger partial charge on any atom is 0.330 e. The highest BCUT2D eigenvalue weighted by Gasteiger charge is 2.55. The van der Waals surface area contributed by atoms with Crippen molar-refractivity contribution in [3.8, 4) is 5.75 Å². The maximum absolute atomic E-state index is 13.8.